The Morgan fingerprint density at radius 2 is 1.97 bits per heavy atom. The van der Waals surface area contributed by atoms with Crippen LogP contribution in [0, 0.1) is 17.0 Å². The number of benzene rings is 2. The molecule has 1 aliphatic heterocycles. The number of nitrogens with zero attached hydrogens (tertiary/aromatic N) is 3. The van der Waals surface area contributed by atoms with Crippen LogP contribution >= 0.6 is 11.3 Å². The van der Waals surface area contributed by atoms with Crippen LogP contribution in [0.3, 0.4) is 0 Å². The number of aryl methyl sites for hydroxylation is 1. The summed E-state index contributed by atoms with van der Waals surface area (Å²) in [7, 11) is 1.44. The lowest BCUT2D eigenvalue weighted by molar-refractivity contribution is -0.384. The maximum atomic E-state index is 13.3. The van der Waals surface area contributed by atoms with E-state index >= 15 is 0 Å². The quantitative estimate of drug-likeness (QED) is 0.0845. The maximum absolute atomic E-state index is 13.3. The molecule has 4 rings (SSSR count). The number of Topliss-reactive ketones (excluding diaryl/α,β-unsaturated/α-hetero) is 1. The Balaban J connectivity index is 1.90. The van der Waals surface area contributed by atoms with Gasteiger partial charge < -0.3 is 14.6 Å². The number of amides is 1. The highest BCUT2D eigenvalue weighted by Gasteiger charge is 2.48. The molecule has 0 aliphatic carbocycles. The minimum atomic E-state index is -1.19. The SMILES string of the molecule is C=CCOC(=O)c1sc(N2C(=O)C(=O)C(=C(O)c3cccc(OC)c3)C2c2ccc([N+](=O)[O-])cc2)nc1C. The molecule has 0 spiro atoms. The van der Waals surface area contributed by atoms with Gasteiger partial charge in [0.2, 0.25) is 0 Å². The lowest BCUT2D eigenvalue weighted by Gasteiger charge is -2.23. The van der Waals surface area contributed by atoms with Gasteiger partial charge in [-0.3, -0.25) is 24.6 Å². The number of carbonyl (C=O) groups excluding carboxylic acids is 3. The Kier molecular flexibility index (Phi) is 7.35. The number of thiazole rings is 1. The van der Waals surface area contributed by atoms with Crippen LogP contribution < -0.4 is 9.64 Å². The molecule has 11 nitrogen and oxygen atoms in total. The fourth-order valence-electron chi connectivity index (χ4n) is 3.92. The molecule has 194 valence electrons. The van der Waals surface area contributed by atoms with Crippen molar-refractivity contribution in [2.45, 2.75) is 13.0 Å². The molecule has 1 aromatic heterocycles. The number of methoxy groups -OCH3 is 1. The van der Waals surface area contributed by atoms with Crippen molar-refractivity contribution in [2.24, 2.45) is 0 Å². The van der Waals surface area contributed by atoms with E-state index in [1.54, 1.807) is 25.1 Å². The van der Waals surface area contributed by atoms with Crippen molar-refractivity contribution < 1.29 is 33.9 Å². The number of ketones is 1. The van der Waals surface area contributed by atoms with Crippen LogP contribution in [0.2, 0.25) is 0 Å². The van der Waals surface area contributed by atoms with E-state index in [0.717, 1.165) is 16.2 Å². The number of aliphatic hydroxyl groups excluding tert-OH is 1. The summed E-state index contributed by atoms with van der Waals surface area (Å²) in [5.41, 5.74) is 0.356. The molecule has 1 N–H and O–H groups in total. The van der Waals surface area contributed by atoms with Gasteiger partial charge in [0.15, 0.2) is 5.13 Å². The van der Waals surface area contributed by atoms with Crippen molar-refractivity contribution in [2.75, 3.05) is 18.6 Å². The summed E-state index contributed by atoms with van der Waals surface area (Å²) in [5.74, 6) is -2.71. The summed E-state index contributed by atoms with van der Waals surface area (Å²) in [6.07, 6.45) is 1.40. The zero-order chi connectivity index (χ0) is 27.6. The van der Waals surface area contributed by atoms with Gasteiger partial charge in [0, 0.05) is 17.7 Å². The highest BCUT2D eigenvalue weighted by Crippen LogP contribution is 2.44. The standard InChI is InChI=1S/C26H21N3O8S/c1-4-12-37-25(33)23-14(2)27-26(38-23)28-20(15-8-10-17(11-9-15)29(34)35)19(22(31)24(28)32)21(30)16-6-5-7-18(13-16)36-3/h4-11,13,20,30H,1,12H2,2-3H3. The summed E-state index contributed by atoms with van der Waals surface area (Å²) in [6, 6.07) is 10.3. The predicted octanol–water partition coefficient (Wildman–Crippen LogP) is 4.34. The second-order valence-corrected chi connectivity index (χ2v) is 9.03. The van der Waals surface area contributed by atoms with Crippen molar-refractivity contribution >= 4 is 45.6 Å². The number of non-ortho nitro benzene ring substituents is 1. The number of esters is 1. The van der Waals surface area contributed by atoms with Crippen LogP contribution in [0.15, 0.2) is 66.8 Å². The molecule has 1 unspecified atom stereocenters. The van der Waals surface area contributed by atoms with Gasteiger partial charge in [0.1, 0.15) is 23.0 Å². The highest BCUT2D eigenvalue weighted by molar-refractivity contribution is 7.17. The van der Waals surface area contributed by atoms with Crippen LogP contribution in [0.5, 0.6) is 5.75 Å². The van der Waals surface area contributed by atoms with E-state index in [-0.39, 0.29) is 39.1 Å². The van der Waals surface area contributed by atoms with E-state index in [0.29, 0.717) is 11.3 Å². The molecule has 1 aliphatic rings. The van der Waals surface area contributed by atoms with E-state index in [1.807, 2.05) is 0 Å². The molecule has 3 aromatic rings. The molecular formula is C26H21N3O8S. The Morgan fingerprint density at radius 3 is 2.61 bits per heavy atom. The molecular weight excluding hydrogens is 514 g/mol. The predicted molar refractivity (Wildman–Crippen MR) is 138 cm³/mol. The van der Waals surface area contributed by atoms with Gasteiger partial charge in [-0.15, -0.1) is 0 Å². The summed E-state index contributed by atoms with van der Waals surface area (Å²) in [6.45, 7) is 5.02. The molecule has 38 heavy (non-hydrogen) atoms. The molecule has 0 bridgehead atoms. The first-order valence-corrected chi connectivity index (χ1v) is 11.9. The number of nitro benzene ring substituents is 1. The van der Waals surface area contributed by atoms with Crippen molar-refractivity contribution in [3.63, 3.8) is 0 Å². The topological polar surface area (TPSA) is 149 Å². The van der Waals surface area contributed by atoms with Gasteiger partial charge in [-0.2, -0.15) is 0 Å². The summed E-state index contributed by atoms with van der Waals surface area (Å²) < 4.78 is 10.3. The number of ether oxygens (including phenoxy) is 2. The number of aliphatic hydroxyl groups is 1. The van der Waals surface area contributed by atoms with Gasteiger partial charge in [-0.05, 0) is 36.8 Å². The average Bonchev–Trinajstić information content (AvgIpc) is 3.43. The van der Waals surface area contributed by atoms with Gasteiger partial charge >= 0.3 is 11.9 Å². The van der Waals surface area contributed by atoms with Gasteiger partial charge in [-0.25, -0.2) is 9.78 Å². The number of anilines is 1. The highest BCUT2D eigenvalue weighted by atomic mass is 32.1. The maximum Gasteiger partial charge on any atom is 0.350 e. The second-order valence-electron chi connectivity index (χ2n) is 8.05. The molecule has 1 amide bonds. The number of nitro groups is 1. The fourth-order valence-corrected chi connectivity index (χ4v) is 4.91. The molecule has 1 fully saturated rings. The van der Waals surface area contributed by atoms with Crippen molar-refractivity contribution in [1.82, 2.24) is 4.98 Å². The van der Waals surface area contributed by atoms with Crippen LogP contribution in [0.25, 0.3) is 5.76 Å². The van der Waals surface area contributed by atoms with Crippen molar-refractivity contribution in [3.8, 4) is 5.75 Å². The molecule has 12 heteroatoms. The lowest BCUT2D eigenvalue weighted by Crippen LogP contribution is -2.29. The summed E-state index contributed by atoms with van der Waals surface area (Å²) >= 11 is 0.844. The first-order chi connectivity index (χ1) is 18.2. The van der Waals surface area contributed by atoms with Crippen LogP contribution in [0.1, 0.15) is 32.5 Å². The number of aromatic nitrogens is 1. The monoisotopic (exact) mass is 535 g/mol. The molecule has 0 radical (unpaired) electrons. The Labute approximate surface area is 220 Å². The van der Waals surface area contributed by atoms with E-state index in [1.165, 1.54) is 43.5 Å². The van der Waals surface area contributed by atoms with Gasteiger partial charge in [-0.1, -0.05) is 36.1 Å². The Morgan fingerprint density at radius 1 is 1.26 bits per heavy atom. The van der Waals surface area contributed by atoms with Crippen molar-refractivity contribution in [3.05, 3.63) is 98.6 Å². The van der Waals surface area contributed by atoms with Gasteiger partial charge in [0.25, 0.3) is 11.5 Å². The minimum absolute atomic E-state index is 0.0169. The van der Waals surface area contributed by atoms with Crippen LogP contribution in [-0.2, 0) is 14.3 Å². The summed E-state index contributed by atoms with van der Waals surface area (Å²) in [5, 5.41) is 22.4. The normalized spacial score (nSPS) is 16.4. The van der Waals surface area contributed by atoms with Crippen LogP contribution in [0.4, 0.5) is 10.8 Å². The largest absolute Gasteiger partial charge is 0.507 e. The van der Waals surface area contributed by atoms with Crippen LogP contribution in [-0.4, -0.2) is 46.4 Å². The zero-order valence-electron chi connectivity index (χ0n) is 20.2. The Bertz CT molecular complexity index is 1490. The third kappa shape index (κ3) is 4.76. The molecule has 2 aromatic carbocycles. The number of hydrogen-bond acceptors (Lipinski definition) is 10. The number of carbonyl (C=O) groups is 3. The van der Waals surface area contributed by atoms with E-state index in [4.69, 9.17) is 9.47 Å². The summed E-state index contributed by atoms with van der Waals surface area (Å²) in [4.78, 5) is 55.2. The fraction of sp³-hybridized carbons (Fsp3) is 0.154. The third-order valence-electron chi connectivity index (χ3n) is 5.72. The zero-order valence-corrected chi connectivity index (χ0v) is 21.1. The second kappa shape index (κ2) is 10.6. The third-order valence-corrected chi connectivity index (χ3v) is 6.85. The van der Waals surface area contributed by atoms with Crippen molar-refractivity contribution in [1.29, 1.82) is 0 Å². The first kappa shape index (κ1) is 26.2. The minimum Gasteiger partial charge on any atom is -0.507 e. The molecule has 1 atom stereocenters. The smallest absolute Gasteiger partial charge is 0.350 e. The van der Waals surface area contributed by atoms with E-state index in [9.17, 15) is 29.6 Å². The molecule has 2 heterocycles. The number of hydrogen-bond donors (Lipinski definition) is 1. The Hall–Kier alpha value is -4.84. The first-order valence-electron chi connectivity index (χ1n) is 11.1. The molecule has 1 saturated heterocycles. The number of rotatable bonds is 8. The van der Waals surface area contributed by atoms with E-state index in [2.05, 4.69) is 11.6 Å². The molecule has 0 saturated carbocycles. The lowest BCUT2D eigenvalue weighted by atomic mass is 9.95. The average molecular weight is 536 g/mol. The van der Waals surface area contributed by atoms with E-state index < -0.39 is 34.4 Å². The van der Waals surface area contributed by atoms with Gasteiger partial charge in [0.05, 0.1) is 29.3 Å².